The van der Waals surface area contributed by atoms with Crippen LogP contribution in [0.25, 0.3) is 0 Å². The van der Waals surface area contributed by atoms with Crippen molar-refractivity contribution in [3.63, 3.8) is 0 Å². The predicted molar refractivity (Wildman–Crippen MR) is 64.6 cm³/mol. The van der Waals surface area contributed by atoms with Crippen molar-refractivity contribution in [3.05, 3.63) is 34.9 Å². The molecule has 2 aromatic heterocycles. The Morgan fingerprint density at radius 2 is 2.35 bits per heavy atom. The summed E-state index contributed by atoms with van der Waals surface area (Å²) in [4.78, 5) is 14.7. The van der Waals surface area contributed by atoms with Crippen LogP contribution in [0.1, 0.15) is 35.0 Å². The van der Waals surface area contributed by atoms with Crippen LogP contribution in [0, 0.1) is 6.92 Å². The van der Waals surface area contributed by atoms with Crippen LogP contribution in [0.2, 0.25) is 0 Å². The van der Waals surface area contributed by atoms with E-state index in [-0.39, 0.29) is 11.7 Å². The molecule has 6 heteroatoms. The van der Waals surface area contributed by atoms with Gasteiger partial charge in [0, 0.05) is 0 Å². The summed E-state index contributed by atoms with van der Waals surface area (Å²) in [6, 6.07) is 3.65. The van der Waals surface area contributed by atoms with E-state index in [0.29, 0.717) is 5.00 Å². The second-order valence-corrected chi connectivity index (χ2v) is 4.50. The maximum absolute atomic E-state index is 10.9. The van der Waals surface area contributed by atoms with E-state index in [2.05, 4.69) is 10.3 Å². The number of thiazole rings is 1. The molecule has 0 aliphatic heterocycles. The summed E-state index contributed by atoms with van der Waals surface area (Å²) in [6.07, 6.45) is 0. The van der Waals surface area contributed by atoms with Gasteiger partial charge in [-0.05, 0) is 26.0 Å². The minimum absolute atomic E-state index is 0.0464. The van der Waals surface area contributed by atoms with E-state index in [0.717, 1.165) is 11.5 Å². The van der Waals surface area contributed by atoms with Crippen molar-refractivity contribution in [2.24, 2.45) is 0 Å². The van der Waals surface area contributed by atoms with E-state index in [9.17, 15) is 4.79 Å². The van der Waals surface area contributed by atoms with Crippen molar-refractivity contribution in [1.29, 1.82) is 0 Å². The largest absolute Gasteiger partial charge is 0.476 e. The summed E-state index contributed by atoms with van der Waals surface area (Å²) < 4.78 is 5.47. The van der Waals surface area contributed by atoms with Gasteiger partial charge in [-0.1, -0.05) is 0 Å². The van der Waals surface area contributed by atoms with Crippen LogP contribution in [-0.4, -0.2) is 16.1 Å². The lowest BCUT2D eigenvalue weighted by molar-refractivity contribution is 0.0692. The molecule has 0 bridgehead atoms. The SMILES string of the molecule is Cc1ccc(C(C)Nc2scnc2C(=O)O)o1. The van der Waals surface area contributed by atoms with Gasteiger partial charge in [-0.2, -0.15) is 0 Å². The number of carboxylic acids is 1. The number of rotatable bonds is 4. The van der Waals surface area contributed by atoms with Gasteiger partial charge in [-0.3, -0.25) is 0 Å². The topological polar surface area (TPSA) is 75.4 Å². The highest BCUT2D eigenvalue weighted by molar-refractivity contribution is 7.14. The molecule has 2 N–H and O–H groups in total. The van der Waals surface area contributed by atoms with Crippen LogP contribution in [0.5, 0.6) is 0 Å². The molecule has 5 nitrogen and oxygen atoms in total. The van der Waals surface area contributed by atoms with E-state index < -0.39 is 5.97 Å². The summed E-state index contributed by atoms with van der Waals surface area (Å²) in [7, 11) is 0. The number of aromatic carboxylic acids is 1. The molecule has 0 saturated heterocycles. The smallest absolute Gasteiger partial charge is 0.357 e. The predicted octanol–water partition coefficient (Wildman–Crippen LogP) is 2.92. The molecule has 90 valence electrons. The number of hydrogen-bond donors (Lipinski definition) is 2. The van der Waals surface area contributed by atoms with Crippen molar-refractivity contribution in [1.82, 2.24) is 4.98 Å². The second-order valence-electron chi connectivity index (χ2n) is 3.65. The van der Waals surface area contributed by atoms with Gasteiger partial charge in [0.15, 0.2) is 5.69 Å². The standard InChI is InChI=1S/C11H12N2O3S/c1-6-3-4-8(16-6)7(2)13-10-9(11(14)15)12-5-17-10/h3-5,7,13H,1-2H3,(H,14,15). The number of aromatic nitrogens is 1. The summed E-state index contributed by atoms with van der Waals surface area (Å²) in [5.74, 6) is 0.570. The quantitative estimate of drug-likeness (QED) is 0.875. The Balaban J connectivity index is 2.15. The van der Waals surface area contributed by atoms with Gasteiger partial charge < -0.3 is 14.8 Å². The van der Waals surface area contributed by atoms with Crippen molar-refractivity contribution >= 4 is 22.3 Å². The number of hydrogen-bond acceptors (Lipinski definition) is 5. The van der Waals surface area contributed by atoms with Crippen LogP contribution < -0.4 is 5.32 Å². The Morgan fingerprint density at radius 3 is 2.94 bits per heavy atom. The highest BCUT2D eigenvalue weighted by atomic mass is 32.1. The molecular weight excluding hydrogens is 240 g/mol. The molecule has 1 atom stereocenters. The average molecular weight is 252 g/mol. The van der Waals surface area contributed by atoms with Gasteiger partial charge in [0.25, 0.3) is 0 Å². The first-order valence-corrected chi connectivity index (χ1v) is 5.95. The fourth-order valence-corrected chi connectivity index (χ4v) is 2.21. The van der Waals surface area contributed by atoms with Gasteiger partial charge in [0.05, 0.1) is 11.6 Å². The third-order valence-electron chi connectivity index (χ3n) is 2.31. The number of anilines is 1. The number of carboxylic acid groups (broad SMARTS) is 1. The van der Waals surface area contributed by atoms with Gasteiger partial charge in [-0.25, -0.2) is 9.78 Å². The number of carbonyl (C=O) groups is 1. The van der Waals surface area contributed by atoms with Crippen LogP contribution in [0.4, 0.5) is 5.00 Å². The molecule has 0 spiro atoms. The van der Waals surface area contributed by atoms with Crippen LogP contribution in [-0.2, 0) is 0 Å². The molecule has 2 aromatic rings. The van der Waals surface area contributed by atoms with Crippen molar-refractivity contribution in [2.75, 3.05) is 5.32 Å². The molecule has 0 aromatic carbocycles. The molecule has 0 fully saturated rings. The maximum atomic E-state index is 10.9. The molecule has 2 heterocycles. The molecule has 0 amide bonds. The first kappa shape index (κ1) is 11.7. The normalized spacial score (nSPS) is 12.4. The van der Waals surface area contributed by atoms with Crippen molar-refractivity contribution in [2.45, 2.75) is 19.9 Å². The highest BCUT2D eigenvalue weighted by Gasteiger charge is 2.17. The van der Waals surface area contributed by atoms with E-state index in [1.807, 2.05) is 26.0 Å². The Hall–Kier alpha value is -1.82. The lowest BCUT2D eigenvalue weighted by atomic mass is 10.2. The number of furan rings is 1. The molecule has 0 aliphatic carbocycles. The van der Waals surface area contributed by atoms with E-state index >= 15 is 0 Å². The Labute approximate surface area is 102 Å². The van der Waals surface area contributed by atoms with Crippen molar-refractivity contribution < 1.29 is 14.3 Å². The highest BCUT2D eigenvalue weighted by Crippen LogP contribution is 2.26. The fraction of sp³-hybridized carbons (Fsp3) is 0.273. The number of nitrogens with zero attached hydrogens (tertiary/aromatic N) is 1. The lowest BCUT2D eigenvalue weighted by Crippen LogP contribution is -2.08. The third-order valence-corrected chi connectivity index (χ3v) is 3.06. The number of nitrogens with one attached hydrogen (secondary N) is 1. The average Bonchev–Trinajstić information content (AvgIpc) is 2.86. The van der Waals surface area contributed by atoms with Gasteiger partial charge in [-0.15, -0.1) is 11.3 Å². The Morgan fingerprint density at radius 1 is 1.59 bits per heavy atom. The molecular formula is C11H12N2O3S. The first-order chi connectivity index (χ1) is 8.08. The van der Waals surface area contributed by atoms with Gasteiger partial charge in [0.1, 0.15) is 16.5 Å². The van der Waals surface area contributed by atoms with Crippen LogP contribution in [0.3, 0.4) is 0 Å². The van der Waals surface area contributed by atoms with Crippen molar-refractivity contribution in [3.8, 4) is 0 Å². The zero-order valence-corrected chi connectivity index (χ0v) is 10.2. The minimum Gasteiger partial charge on any atom is -0.476 e. The van der Waals surface area contributed by atoms with E-state index in [1.54, 1.807) is 0 Å². The van der Waals surface area contributed by atoms with Crippen LogP contribution in [0.15, 0.2) is 22.1 Å². The molecule has 1 unspecified atom stereocenters. The first-order valence-electron chi connectivity index (χ1n) is 5.07. The molecule has 0 saturated carbocycles. The monoisotopic (exact) mass is 252 g/mol. The molecule has 0 aliphatic rings. The lowest BCUT2D eigenvalue weighted by Gasteiger charge is -2.11. The summed E-state index contributed by atoms with van der Waals surface area (Å²) >= 11 is 1.26. The minimum atomic E-state index is -1.03. The summed E-state index contributed by atoms with van der Waals surface area (Å²) in [5.41, 5.74) is 1.55. The zero-order chi connectivity index (χ0) is 12.4. The molecule has 0 radical (unpaired) electrons. The molecule has 17 heavy (non-hydrogen) atoms. The van der Waals surface area contributed by atoms with Gasteiger partial charge in [0.2, 0.25) is 0 Å². The van der Waals surface area contributed by atoms with E-state index in [4.69, 9.17) is 9.52 Å². The third kappa shape index (κ3) is 2.47. The summed E-state index contributed by atoms with van der Waals surface area (Å²) in [5, 5.41) is 12.5. The summed E-state index contributed by atoms with van der Waals surface area (Å²) in [6.45, 7) is 3.77. The zero-order valence-electron chi connectivity index (χ0n) is 9.43. The number of aryl methyl sites for hydroxylation is 1. The maximum Gasteiger partial charge on any atom is 0.357 e. The Bertz CT molecular complexity index is 532. The Kier molecular flexibility index (Phi) is 3.14. The fourth-order valence-electron chi connectivity index (χ4n) is 1.45. The molecule has 2 rings (SSSR count). The second kappa shape index (κ2) is 4.58. The van der Waals surface area contributed by atoms with Crippen LogP contribution >= 0.6 is 11.3 Å². The van der Waals surface area contributed by atoms with Gasteiger partial charge >= 0.3 is 5.97 Å². The van der Waals surface area contributed by atoms with E-state index in [1.165, 1.54) is 16.8 Å².